The molecule has 0 fully saturated rings. The van der Waals surface area contributed by atoms with E-state index in [1.54, 1.807) is 0 Å². The first kappa shape index (κ1) is 33.9. The van der Waals surface area contributed by atoms with Crippen molar-refractivity contribution in [2.75, 3.05) is 0 Å². The van der Waals surface area contributed by atoms with Crippen LogP contribution in [0.25, 0.3) is 117 Å². The molecule has 0 N–H and O–H groups in total. The molecule has 0 amide bonds. The minimum atomic E-state index is 0.594. The minimum Gasteiger partial charge on any atom is -0.456 e. The highest BCUT2D eigenvalue weighted by atomic mass is 16.3. The molecule has 0 aliphatic heterocycles. The Kier molecular flexibility index (Phi) is 7.78. The SMILES string of the molecule is c1ccc(-c2ccc(-c3nc(-c4ccccc4)nc(-c4ccc(-n5c6ccccc6c6cc7ccccc7cc65)c(-c5cccc6oc7ccccc7c56)c4)n3)cc2)cc1. The fourth-order valence-corrected chi connectivity index (χ4v) is 8.79. The lowest BCUT2D eigenvalue weighted by Gasteiger charge is -2.17. The number of fused-ring (bicyclic) bond motifs is 7. The Balaban J connectivity index is 1.12. The zero-order chi connectivity index (χ0) is 39.6. The monoisotopic (exact) mass is 766 g/mol. The average Bonchev–Trinajstić information content (AvgIpc) is 3.86. The van der Waals surface area contributed by atoms with Crippen molar-refractivity contribution in [3.8, 4) is 62.1 Å². The van der Waals surface area contributed by atoms with Crippen molar-refractivity contribution >= 4 is 54.5 Å². The zero-order valence-corrected chi connectivity index (χ0v) is 32.3. The maximum Gasteiger partial charge on any atom is 0.164 e. The van der Waals surface area contributed by atoms with Crippen LogP contribution in [-0.2, 0) is 0 Å². The second kappa shape index (κ2) is 13.8. The number of aromatic nitrogens is 4. The lowest BCUT2D eigenvalue weighted by atomic mass is 9.95. The highest BCUT2D eigenvalue weighted by Gasteiger charge is 2.22. The summed E-state index contributed by atoms with van der Waals surface area (Å²) in [5, 5.41) is 6.95. The third-order valence-electron chi connectivity index (χ3n) is 11.6. The fraction of sp³-hybridized carbons (Fsp3) is 0. The summed E-state index contributed by atoms with van der Waals surface area (Å²) in [6, 6.07) is 72.2. The third-order valence-corrected chi connectivity index (χ3v) is 11.6. The Bertz CT molecular complexity index is 3590. The van der Waals surface area contributed by atoms with Crippen molar-refractivity contribution in [2.45, 2.75) is 0 Å². The van der Waals surface area contributed by atoms with Crippen LogP contribution in [0.1, 0.15) is 0 Å². The molecule has 0 atom stereocenters. The molecule has 0 saturated heterocycles. The summed E-state index contributed by atoms with van der Waals surface area (Å²) < 4.78 is 8.89. The standard InChI is InChI=1S/C55H34N4O/c1-3-14-35(15-4-1)36-26-28-38(29-27-36)54-56-53(37-16-5-2-6-17-37)57-55(58-54)41-30-31-48(46(33-41)43-22-13-25-51-52(43)44-21-10-12-24-50(44)60-51)59-47-23-11-9-20-42(47)45-32-39-18-7-8-19-40(39)34-49(45)59/h1-34H. The van der Waals surface area contributed by atoms with Gasteiger partial charge in [0.1, 0.15) is 11.2 Å². The maximum atomic E-state index is 6.47. The van der Waals surface area contributed by atoms with E-state index in [9.17, 15) is 0 Å². The molecule has 0 radical (unpaired) electrons. The van der Waals surface area contributed by atoms with Gasteiger partial charge in [-0.15, -0.1) is 0 Å². The molecule has 3 aromatic heterocycles. The summed E-state index contributed by atoms with van der Waals surface area (Å²) in [6.45, 7) is 0. The van der Waals surface area contributed by atoms with E-state index in [4.69, 9.17) is 19.4 Å². The van der Waals surface area contributed by atoms with Crippen molar-refractivity contribution in [3.05, 3.63) is 206 Å². The number of hydrogen-bond acceptors (Lipinski definition) is 4. The predicted molar refractivity (Wildman–Crippen MR) is 246 cm³/mol. The fourth-order valence-electron chi connectivity index (χ4n) is 8.79. The Hall–Kier alpha value is -8.15. The molecule has 60 heavy (non-hydrogen) atoms. The van der Waals surface area contributed by atoms with E-state index in [0.29, 0.717) is 17.5 Å². The highest BCUT2D eigenvalue weighted by molar-refractivity contribution is 6.16. The van der Waals surface area contributed by atoms with E-state index in [0.717, 1.165) is 77.6 Å². The van der Waals surface area contributed by atoms with Crippen LogP contribution in [0.3, 0.4) is 0 Å². The quantitative estimate of drug-likeness (QED) is 0.169. The molecule has 3 heterocycles. The van der Waals surface area contributed by atoms with Gasteiger partial charge in [0.2, 0.25) is 0 Å². The summed E-state index contributed by atoms with van der Waals surface area (Å²) in [6.07, 6.45) is 0. The topological polar surface area (TPSA) is 56.7 Å². The van der Waals surface area contributed by atoms with Gasteiger partial charge in [0.15, 0.2) is 17.5 Å². The van der Waals surface area contributed by atoms with Gasteiger partial charge >= 0.3 is 0 Å². The molecule has 0 unspecified atom stereocenters. The van der Waals surface area contributed by atoms with Crippen molar-refractivity contribution in [1.82, 2.24) is 19.5 Å². The van der Waals surface area contributed by atoms with Gasteiger partial charge < -0.3 is 8.98 Å². The molecule has 0 aliphatic carbocycles. The van der Waals surface area contributed by atoms with E-state index in [1.807, 2.05) is 48.5 Å². The molecular weight excluding hydrogens is 733 g/mol. The zero-order valence-electron chi connectivity index (χ0n) is 32.3. The Morgan fingerprint density at radius 2 is 0.883 bits per heavy atom. The van der Waals surface area contributed by atoms with Gasteiger partial charge in [-0.3, -0.25) is 0 Å². The Labute approximate surface area is 345 Å². The first-order valence-electron chi connectivity index (χ1n) is 20.2. The lowest BCUT2D eigenvalue weighted by molar-refractivity contribution is 0.669. The first-order valence-corrected chi connectivity index (χ1v) is 20.2. The second-order valence-corrected chi connectivity index (χ2v) is 15.2. The Morgan fingerprint density at radius 1 is 0.333 bits per heavy atom. The molecule has 0 saturated carbocycles. The molecule has 5 heteroatoms. The lowest BCUT2D eigenvalue weighted by Crippen LogP contribution is -2.02. The van der Waals surface area contributed by atoms with Crippen LogP contribution < -0.4 is 0 Å². The molecule has 5 nitrogen and oxygen atoms in total. The summed E-state index contributed by atoms with van der Waals surface area (Å²) in [4.78, 5) is 15.5. The smallest absolute Gasteiger partial charge is 0.164 e. The van der Waals surface area contributed by atoms with E-state index in [1.165, 1.54) is 21.5 Å². The summed E-state index contributed by atoms with van der Waals surface area (Å²) in [5.74, 6) is 1.82. The van der Waals surface area contributed by atoms with Crippen LogP contribution in [0, 0.1) is 0 Å². The van der Waals surface area contributed by atoms with Crippen LogP contribution in [0.5, 0.6) is 0 Å². The highest BCUT2D eigenvalue weighted by Crippen LogP contribution is 2.43. The van der Waals surface area contributed by atoms with Crippen LogP contribution in [0.4, 0.5) is 0 Å². The summed E-state index contributed by atoms with van der Waals surface area (Å²) in [5.41, 5.74) is 12.1. The van der Waals surface area contributed by atoms with E-state index in [2.05, 4.69) is 162 Å². The number of benzene rings is 9. The Morgan fingerprint density at radius 3 is 1.65 bits per heavy atom. The largest absolute Gasteiger partial charge is 0.456 e. The maximum absolute atomic E-state index is 6.47. The van der Waals surface area contributed by atoms with Crippen LogP contribution in [0.2, 0.25) is 0 Å². The van der Waals surface area contributed by atoms with Gasteiger partial charge in [0.25, 0.3) is 0 Å². The van der Waals surface area contributed by atoms with Gasteiger partial charge in [0, 0.05) is 43.8 Å². The average molecular weight is 767 g/mol. The summed E-state index contributed by atoms with van der Waals surface area (Å²) in [7, 11) is 0. The van der Waals surface area contributed by atoms with Crippen molar-refractivity contribution in [3.63, 3.8) is 0 Å². The van der Waals surface area contributed by atoms with Gasteiger partial charge in [-0.25, -0.2) is 15.0 Å². The second-order valence-electron chi connectivity index (χ2n) is 15.2. The van der Waals surface area contributed by atoms with Crippen LogP contribution in [-0.4, -0.2) is 19.5 Å². The first-order chi connectivity index (χ1) is 29.7. The van der Waals surface area contributed by atoms with Gasteiger partial charge in [-0.05, 0) is 76.0 Å². The number of nitrogens with zero attached hydrogens (tertiary/aromatic N) is 4. The van der Waals surface area contributed by atoms with E-state index in [-0.39, 0.29) is 0 Å². The van der Waals surface area contributed by atoms with Crippen LogP contribution in [0.15, 0.2) is 211 Å². The van der Waals surface area contributed by atoms with E-state index < -0.39 is 0 Å². The van der Waals surface area contributed by atoms with Crippen LogP contribution >= 0.6 is 0 Å². The minimum absolute atomic E-state index is 0.594. The number of para-hydroxylation sites is 2. The third kappa shape index (κ3) is 5.59. The molecule has 0 aliphatic rings. The molecular formula is C55H34N4O. The number of furan rings is 1. The summed E-state index contributed by atoms with van der Waals surface area (Å²) >= 11 is 0. The van der Waals surface area contributed by atoms with Gasteiger partial charge in [0.05, 0.1) is 16.7 Å². The molecule has 12 aromatic rings. The number of hydrogen-bond donors (Lipinski definition) is 0. The van der Waals surface area contributed by atoms with Crippen molar-refractivity contribution < 1.29 is 4.42 Å². The van der Waals surface area contributed by atoms with E-state index >= 15 is 0 Å². The molecule has 0 spiro atoms. The van der Waals surface area contributed by atoms with Crippen molar-refractivity contribution in [1.29, 1.82) is 0 Å². The normalized spacial score (nSPS) is 11.7. The molecule has 0 bridgehead atoms. The van der Waals surface area contributed by atoms with Gasteiger partial charge in [-0.2, -0.15) is 0 Å². The van der Waals surface area contributed by atoms with Crippen molar-refractivity contribution in [2.24, 2.45) is 0 Å². The van der Waals surface area contributed by atoms with Gasteiger partial charge in [-0.1, -0.05) is 158 Å². The number of rotatable bonds is 6. The predicted octanol–water partition coefficient (Wildman–Crippen LogP) is 14.4. The molecule has 12 rings (SSSR count). The molecule has 9 aromatic carbocycles. The molecule has 280 valence electrons.